The Morgan fingerprint density at radius 1 is 1.53 bits per heavy atom. The van der Waals surface area contributed by atoms with Crippen LogP contribution in [-0.2, 0) is 4.79 Å². The van der Waals surface area contributed by atoms with Gasteiger partial charge in [-0.25, -0.2) is 0 Å². The zero-order valence-corrected chi connectivity index (χ0v) is 10.4. The molecule has 0 aromatic heterocycles. The van der Waals surface area contributed by atoms with Gasteiger partial charge in [-0.1, -0.05) is 13.8 Å². The average Bonchev–Trinajstić information content (AvgIpc) is 2.93. The molecule has 0 aromatic carbocycles. The standard InChI is InChI=1S/C11H21NO2S/c1-9(2)15-7-10(14)12-8-11(3-4-11)5-6-13/h9,13H,3-8H2,1-2H3,(H,12,14). The maximum atomic E-state index is 11.4. The Balaban J connectivity index is 2.11. The number of carbonyl (C=O) groups excluding carboxylic acids is 1. The fraction of sp³-hybridized carbons (Fsp3) is 0.909. The molecule has 1 fully saturated rings. The van der Waals surface area contributed by atoms with Gasteiger partial charge in [0.2, 0.25) is 5.91 Å². The number of aliphatic hydroxyl groups excluding tert-OH is 1. The molecule has 0 atom stereocenters. The van der Waals surface area contributed by atoms with E-state index in [4.69, 9.17) is 5.11 Å². The second kappa shape index (κ2) is 5.75. The molecule has 0 aliphatic heterocycles. The summed E-state index contributed by atoms with van der Waals surface area (Å²) in [6.45, 7) is 5.15. The van der Waals surface area contributed by atoms with E-state index >= 15 is 0 Å². The molecule has 0 saturated heterocycles. The van der Waals surface area contributed by atoms with Crippen LogP contribution in [0.1, 0.15) is 33.1 Å². The molecule has 1 aliphatic carbocycles. The molecular formula is C11H21NO2S. The van der Waals surface area contributed by atoms with E-state index < -0.39 is 0 Å². The van der Waals surface area contributed by atoms with Gasteiger partial charge in [0, 0.05) is 13.2 Å². The van der Waals surface area contributed by atoms with Crippen LogP contribution in [0.15, 0.2) is 0 Å². The number of rotatable bonds is 7. The third-order valence-electron chi connectivity index (χ3n) is 2.81. The maximum absolute atomic E-state index is 11.4. The van der Waals surface area contributed by atoms with Gasteiger partial charge in [-0.05, 0) is 29.9 Å². The molecule has 1 rings (SSSR count). The fourth-order valence-corrected chi connectivity index (χ4v) is 2.10. The van der Waals surface area contributed by atoms with Crippen LogP contribution in [0.5, 0.6) is 0 Å². The van der Waals surface area contributed by atoms with Crippen LogP contribution >= 0.6 is 11.8 Å². The molecule has 15 heavy (non-hydrogen) atoms. The highest BCUT2D eigenvalue weighted by Gasteiger charge is 2.41. The maximum Gasteiger partial charge on any atom is 0.230 e. The molecule has 1 amide bonds. The number of nitrogens with one attached hydrogen (secondary N) is 1. The zero-order valence-electron chi connectivity index (χ0n) is 9.58. The highest BCUT2D eigenvalue weighted by atomic mass is 32.2. The average molecular weight is 231 g/mol. The van der Waals surface area contributed by atoms with Gasteiger partial charge >= 0.3 is 0 Å². The number of hydrogen-bond acceptors (Lipinski definition) is 3. The van der Waals surface area contributed by atoms with Crippen LogP contribution in [0.2, 0.25) is 0 Å². The summed E-state index contributed by atoms with van der Waals surface area (Å²) in [6, 6.07) is 0. The van der Waals surface area contributed by atoms with Crippen molar-refractivity contribution in [1.82, 2.24) is 5.32 Å². The minimum absolute atomic E-state index is 0.123. The number of aliphatic hydroxyl groups is 1. The summed E-state index contributed by atoms with van der Waals surface area (Å²) in [5, 5.41) is 12.3. The fourth-order valence-electron chi connectivity index (χ4n) is 1.51. The minimum atomic E-state index is 0.123. The van der Waals surface area contributed by atoms with Crippen molar-refractivity contribution in [3.63, 3.8) is 0 Å². The number of carbonyl (C=O) groups is 1. The first-order valence-corrected chi connectivity index (χ1v) is 6.62. The van der Waals surface area contributed by atoms with Crippen molar-refractivity contribution >= 4 is 17.7 Å². The molecule has 0 unspecified atom stereocenters. The second-order valence-corrected chi connectivity index (χ2v) is 6.17. The third kappa shape index (κ3) is 4.89. The Bertz CT molecular complexity index is 215. The van der Waals surface area contributed by atoms with Gasteiger partial charge < -0.3 is 10.4 Å². The molecule has 0 aromatic rings. The van der Waals surface area contributed by atoms with E-state index in [-0.39, 0.29) is 17.9 Å². The van der Waals surface area contributed by atoms with E-state index in [1.54, 1.807) is 11.8 Å². The summed E-state index contributed by atoms with van der Waals surface area (Å²) >= 11 is 1.66. The lowest BCUT2D eigenvalue weighted by Gasteiger charge is -2.14. The van der Waals surface area contributed by atoms with Crippen molar-refractivity contribution in [2.45, 2.75) is 38.4 Å². The molecule has 0 heterocycles. The highest BCUT2D eigenvalue weighted by Crippen LogP contribution is 2.47. The molecule has 0 bridgehead atoms. The second-order valence-electron chi connectivity index (χ2n) is 4.61. The van der Waals surface area contributed by atoms with Crippen molar-refractivity contribution in [2.75, 3.05) is 18.9 Å². The van der Waals surface area contributed by atoms with Crippen LogP contribution < -0.4 is 5.32 Å². The van der Waals surface area contributed by atoms with Crippen LogP contribution in [0.3, 0.4) is 0 Å². The summed E-state index contributed by atoms with van der Waals surface area (Å²) in [4.78, 5) is 11.4. The van der Waals surface area contributed by atoms with Crippen molar-refractivity contribution < 1.29 is 9.90 Å². The first-order valence-electron chi connectivity index (χ1n) is 5.57. The SMILES string of the molecule is CC(C)SCC(=O)NCC1(CCO)CC1. The molecule has 1 aliphatic rings. The summed E-state index contributed by atoms with van der Waals surface area (Å²) in [6.07, 6.45) is 3.11. The van der Waals surface area contributed by atoms with E-state index in [9.17, 15) is 4.79 Å². The van der Waals surface area contributed by atoms with Gasteiger partial charge in [-0.3, -0.25) is 4.79 Å². The monoisotopic (exact) mass is 231 g/mol. The molecule has 88 valence electrons. The normalized spacial score (nSPS) is 17.9. The molecule has 1 saturated carbocycles. The van der Waals surface area contributed by atoms with E-state index in [0.29, 0.717) is 11.0 Å². The van der Waals surface area contributed by atoms with Gasteiger partial charge in [-0.2, -0.15) is 0 Å². The number of thioether (sulfide) groups is 1. The largest absolute Gasteiger partial charge is 0.396 e. The first-order chi connectivity index (χ1) is 7.08. The summed E-state index contributed by atoms with van der Waals surface area (Å²) in [5.41, 5.74) is 0.229. The van der Waals surface area contributed by atoms with Crippen molar-refractivity contribution in [2.24, 2.45) is 5.41 Å². The lowest BCUT2D eigenvalue weighted by molar-refractivity contribution is -0.118. The Morgan fingerprint density at radius 3 is 2.67 bits per heavy atom. The van der Waals surface area contributed by atoms with Crippen molar-refractivity contribution in [3.8, 4) is 0 Å². The first kappa shape index (κ1) is 12.8. The third-order valence-corrected chi connectivity index (χ3v) is 3.90. The Kier molecular flexibility index (Phi) is 4.93. The van der Waals surface area contributed by atoms with Crippen LogP contribution in [0, 0.1) is 5.41 Å². The predicted molar refractivity (Wildman–Crippen MR) is 64.0 cm³/mol. The Labute approximate surface area is 96.0 Å². The van der Waals surface area contributed by atoms with E-state index in [1.165, 1.54) is 0 Å². The Hall–Kier alpha value is -0.220. The van der Waals surface area contributed by atoms with E-state index in [1.807, 2.05) is 0 Å². The molecular weight excluding hydrogens is 210 g/mol. The van der Waals surface area contributed by atoms with E-state index in [2.05, 4.69) is 19.2 Å². The topological polar surface area (TPSA) is 49.3 Å². The lowest BCUT2D eigenvalue weighted by Crippen LogP contribution is -2.32. The number of amides is 1. The van der Waals surface area contributed by atoms with Crippen LogP contribution in [0.25, 0.3) is 0 Å². The van der Waals surface area contributed by atoms with E-state index in [0.717, 1.165) is 25.8 Å². The van der Waals surface area contributed by atoms with Crippen LogP contribution in [-0.4, -0.2) is 35.2 Å². The summed E-state index contributed by atoms with van der Waals surface area (Å²) in [7, 11) is 0. The van der Waals surface area contributed by atoms with Gasteiger partial charge in [0.15, 0.2) is 0 Å². The molecule has 2 N–H and O–H groups in total. The van der Waals surface area contributed by atoms with Gasteiger partial charge in [-0.15, -0.1) is 11.8 Å². The molecule has 0 radical (unpaired) electrons. The summed E-state index contributed by atoms with van der Waals surface area (Å²) in [5.74, 6) is 0.672. The van der Waals surface area contributed by atoms with Gasteiger partial charge in [0.1, 0.15) is 0 Å². The van der Waals surface area contributed by atoms with Crippen LogP contribution in [0.4, 0.5) is 0 Å². The van der Waals surface area contributed by atoms with Crippen molar-refractivity contribution in [1.29, 1.82) is 0 Å². The number of hydrogen-bond donors (Lipinski definition) is 2. The van der Waals surface area contributed by atoms with Gasteiger partial charge in [0.25, 0.3) is 0 Å². The van der Waals surface area contributed by atoms with Crippen molar-refractivity contribution in [3.05, 3.63) is 0 Å². The zero-order chi connectivity index (χ0) is 11.3. The Morgan fingerprint density at radius 2 is 2.20 bits per heavy atom. The smallest absolute Gasteiger partial charge is 0.230 e. The summed E-state index contributed by atoms with van der Waals surface area (Å²) < 4.78 is 0. The molecule has 0 spiro atoms. The lowest BCUT2D eigenvalue weighted by atomic mass is 10.0. The predicted octanol–water partition coefficient (Wildman–Crippen LogP) is 1.41. The molecule has 4 heteroatoms. The quantitative estimate of drug-likeness (QED) is 0.696. The molecule has 3 nitrogen and oxygen atoms in total. The van der Waals surface area contributed by atoms with Gasteiger partial charge in [0.05, 0.1) is 5.75 Å². The highest BCUT2D eigenvalue weighted by molar-refractivity contribution is 8.00. The minimum Gasteiger partial charge on any atom is -0.396 e.